The summed E-state index contributed by atoms with van der Waals surface area (Å²) in [5, 5.41) is 2.71. The molecule has 1 amide bonds. The maximum Gasteiger partial charge on any atom is 0.416 e. The van der Waals surface area contributed by atoms with Crippen LogP contribution in [0.5, 0.6) is 5.75 Å². The zero-order valence-electron chi connectivity index (χ0n) is 14.8. The summed E-state index contributed by atoms with van der Waals surface area (Å²) in [6.07, 6.45) is -4.59. The van der Waals surface area contributed by atoms with Gasteiger partial charge >= 0.3 is 6.18 Å². The van der Waals surface area contributed by atoms with E-state index < -0.39 is 11.7 Å². The molecular weight excluding hydrogens is 361 g/mol. The number of carbonyl (C=O) groups excluding carboxylic acids is 1. The highest BCUT2D eigenvalue weighted by Gasteiger charge is 2.30. The highest BCUT2D eigenvalue weighted by molar-refractivity contribution is 5.91. The van der Waals surface area contributed by atoms with E-state index in [4.69, 9.17) is 15.2 Å². The monoisotopic (exact) mass is 382 g/mol. The van der Waals surface area contributed by atoms with Crippen molar-refractivity contribution in [3.63, 3.8) is 0 Å². The lowest BCUT2D eigenvalue weighted by atomic mass is 10.1. The number of alkyl halides is 3. The molecule has 0 bridgehead atoms. The Hall–Kier alpha value is -2.58. The van der Waals surface area contributed by atoms with Crippen molar-refractivity contribution in [1.82, 2.24) is 0 Å². The number of amides is 1. The molecule has 5 nitrogen and oxygen atoms in total. The quantitative estimate of drug-likeness (QED) is 0.732. The Bertz CT molecular complexity index is 745. The van der Waals surface area contributed by atoms with Crippen LogP contribution >= 0.6 is 0 Å². The molecule has 1 unspecified atom stereocenters. The number of nitrogens with one attached hydrogen (secondary N) is 1. The molecule has 3 N–H and O–H groups in total. The van der Waals surface area contributed by atoms with Gasteiger partial charge in [0.25, 0.3) is 0 Å². The molecule has 0 heterocycles. The number of benzene rings is 2. The second-order valence-corrected chi connectivity index (χ2v) is 5.86. The summed E-state index contributed by atoms with van der Waals surface area (Å²) in [6.45, 7) is 0.244. The number of methoxy groups -OCH3 is 1. The third-order valence-electron chi connectivity index (χ3n) is 3.81. The fourth-order valence-electron chi connectivity index (χ4n) is 2.32. The molecule has 0 fully saturated rings. The molecule has 0 saturated carbocycles. The number of nitrogens with two attached hydrogens (primary N) is 1. The smallest absolute Gasteiger partial charge is 0.416 e. The third kappa shape index (κ3) is 6.58. The fraction of sp³-hybridized carbons (Fsp3) is 0.316. The predicted octanol–water partition coefficient (Wildman–Crippen LogP) is 3.59. The SMILES string of the molecule is COC(CN)CC(=O)Nc1ccc(OCc2cccc(C(F)(F)F)c2)cc1. The molecule has 2 aromatic rings. The Labute approximate surface area is 155 Å². The summed E-state index contributed by atoms with van der Waals surface area (Å²) < 4.78 is 48.7. The minimum Gasteiger partial charge on any atom is -0.489 e. The number of hydrogen-bond donors (Lipinski definition) is 2. The van der Waals surface area contributed by atoms with Crippen LogP contribution in [-0.2, 0) is 22.3 Å². The van der Waals surface area contributed by atoms with E-state index in [9.17, 15) is 18.0 Å². The lowest BCUT2D eigenvalue weighted by Gasteiger charge is -2.13. The zero-order chi connectivity index (χ0) is 19.9. The molecule has 0 aliphatic rings. The van der Waals surface area contributed by atoms with Gasteiger partial charge in [0.15, 0.2) is 0 Å². The second-order valence-electron chi connectivity index (χ2n) is 5.86. The van der Waals surface area contributed by atoms with Gasteiger partial charge in [-0.25, -0.2) is 0 Å². The van der Waals surface area contributed by atoms with Crippen molar-refractivity contribution in [3.05, 3.63) is 59.7 Å². The normalized spacial score (nSPS) is 12.5. The van der Waals surface area contributed by atoms with E-state index >= 15 is 0 Å². The van der Waals surface area contributed by atoms with E-state index in [-0.39, 0.29) is 31.6 Å². The summed E-state index contributed by atoms with van der Waals surface area (Å²) in [6, 6.07) is 11.5. The highest BCUT2D eigenvalue weighted by atomic mass is 19.4. The van der Waals surface area contributed by atoms with Crippen molar-refractivity contribution in [2.45, 2.75) is 25.3 Å². The summed E-state index contributed by atoms with van der Waals surface area (Å²) in [5.41, 5.74) is 5.74. The Kier molecular flexibility index (Phi) is 7.20. The van der Waals surface area contributed by atoms with Gasteiger partial charge in [0, 0.05) is 19.3 Å². The van der Waals surface area contributed by atoms with Crippen molar-refractivity contribution >= 4 is 11.6 Å². The molecule has 0 aromatic heterocycles. The highest BCUT2D eigenvalue weighted by Crippen LogP contribution is 2.29. The van der Waals surface area contributed by atoms with Gasteiger partial charge in [-0.05, 0) is 42.0 Å². The fourth-order valence-corrected chi connectivity index (χ4v) is 2.32. The molecule has 8 heteroatoms. The standard InChI is InChI=1S/C19H21F3N2O3/c1-26-17(11-23)10-18(25)24-15-5-7-16(8-6-15)27-12-13-3-2-4-14(9-13)19(20,21)22/h2-9,17H,10-12,23H2,1H3,(H,24,25). The van der Waals surface area contributed by atoms with Gasteiger partial charge in [-0.2, -0.15) is 13.2 Å². The second kappa shape index (κ2) is 9.38. The largest absolute Gasteiger partial charge is 0.489 e. The molecule has 0 aliphatic heterocycles. The first-order valence-corrected chi connectivity index (χ1v) is 8.23. The molecular formula is C19H21F3N2O3. The average molecular weight is 382 g/mol. The van der Waals surface area contributed by atoms with Crippen molar-refractivity contribution in [1.29, 1.82) is 0 Å². The molecule has 0 aliphatic carbocycles. The zero-order valence-corrected chi connectivity index (χ0v) is 14.8. The Morgan fingerprint density at radius 3 is 2.48 bits per heavy atom. The van der Waals surface area contributed by atoms with Crippen LogP contribution in [0.15, 0.2) is 48.5 Å². The van der Waals surface area contributed by atoms with Gasteiger partial charge in [-0.1, -0.05) is 12.1 Å². The lowest BCUT2D eigenvalue weighted by Crippen LogP contribution is -2.28. The van der Waals surface area contributed by atoms with E-state index in [1.165, 1.54) is 13.2 Å². The lowest BCUT2D eigenvalue weighted by molar-refractivity contribution is -0.137. The van der Waals surface area contributed by atoms with Crippen LogP contribution in [0.4, 0.5) is 18.9 Å². The van der Waals surface area contributed by atoms with Gasteiger partial charge in [0.2, 0.25) is 5.91 Å². The van der Waals surface area contributed by atoms with Crippen molar-refractivity contribution in [2.75, 3.05) is 19.0 Å². The van der Waals surface area contributed by atoms with Gasteiger partial charge in [0.1, 0.15) is 12.4 Å². The van der Waals surface area contributed by atoms with Gasteiger partial charge in [0.05, 0.1) is 18.1 Å². The summed E-state index contributed by atoms with van der Waals surface area (Å²) in [4.78, 5) is 11.9. The van der Waals surface area contributed by atoms with Gasteiger partial charge < -0.3 is 20.5 Å². The van der Waals surface area contributed by atoms with E-state index in [1.807, 2.05) is 0 Å². The molecule has 1 atom stereocenters. The van der Waals surface area contributed by atoms with Crippen LogP contribution in [0, 0.1) is 0 Å². The van der Waals surface area contributed by atoms with Gasteiger partial charge in [-0.3, -0.25) is 4.79 Å². The number of anilines is 1. The first-order valence-electron chi connectivity index (χ1n) is 8.23. The van der Waals surface area contributed by atoms with E-state index in [1.54, 1.807) is 30.3 Å². The third-order valence-corrected chi connectivity index (χ3v) is 3.81. The minimum atomic E-state index is -4.39. The molecule has 0 spiro atoms. The van der Waals surface area contributed by atoms with Crippen molar-refractivity contribution in [2.24, 2.45) is 5.73 Å². The Morgan fingerprint density at radius 1 is 1.19 bits per heavy atom. The van der Waals surface area contributed by atoms with E-state index in [0.29, 0.717) is 17.0 Å². The molecule has 0 saturated heterocycles. The molecule has 146 valence electrons. The molecule has 0 radical (unpaired) electrons. The van der Waals surface area contributed by atoms with Crippen LogP contribution in [0.25, 0.3) is 0 Å². The maximum absolute atomic E-state index is 12.7. The van der Waals surface area contributed by atoms with Crippen LogP contribution in [0.2, 0.25) is 0 Å². The van der Waals surface area contributed by atoms with Crippen LogP contribution < -0.4 is 15.8 Å². The van der Waals surface area contributed by atoms with E-state index in [2.05, 4.69) is 5.32 Å². The number of hydrogen-bond acceptors (Lipinski definition) is 4. The summed E-state index contributed by atoms with van der Waals surface area (Å²) >= 11 is 0. The predicted molar refractivity (Wildman–Crippen MR) is 95.3 cm³/mol. The number of carbonyl (C=O) groups is 1. The summed E-state index contributed by atoms with van der Waals surface area (Å²) in [7, 11) is 1.49. The topological polar surface area (TPSA) is 73.6 Å². The summed E-state index contributed by atoms with van der Waals surface area (Å²) in [5.74, 6) is 0.243. The molecule has 2 aromatic carbocycles. The average Bonchev–Trinajstić information content (AvgIpc) is 2.65. The molecule has 2 rings (SSSR count). The Balaban J connectivity index is 1.90. The van der Waals surface area contributed by atoms with Crippen LogP contribution in [0.3, 0.4) is 0 Å². The first-order chi connectivity index (χ1) is 12.8. The number of ether oxygens (including phenoxy) is 2. The molecule has 27 heavy (non-hydrogen) atoms. The minimum absolute atomic E-state index is 0.00163. The van der Waals surface area contributed by atoms with Crippen LogP contribution in [0.1, 0.15) is 17.5 Å². The number of halogens is 3. The van der Waals surface area contributed by atoms with Gasteiger partial charge in [-0.15, -0.1) is 0 Å². The van der Waals surface area contributed by atoms with Crippen molar-refractivity contribution < 1.29 is 27.4 Å². The van der Waals surface area contributed by atoms with Crippen molar-refractivity contribution in [3.8, 4) is 5.75 Å². The van der Waals surface area contributed by atoms with E-state index in [0.717, 1.165) is 12.1 Å². The Morgan fingerprint density at radius 2 is 1.89 bits per heavy atom. The maximum atomic E-state index is 12.7. The number of rotatable bonds is 8. The van der Waals surface area contributed by atoms with Crippen LogP contribution in [-0.4, -0.2) is 25.7 Å². The first kappa shape index (κ1) is 20.7.